The zero-order valence-corrected chi connectivity index (χ0v) is 14.5. The van der Waals surface area contributed by atoms with E-state index in [1.165, 1.54) is 18.4 Å². The average molecular weight is 328 g/mol. The van der Waals surface area contributed by atoms with E-state index in [2.05, 4.69) is 53.2 Å². The largest absolute Gasteiger partial charge is 0.357 e. The van der Waals surface area contributed by atoms with Crippen LogP contribution in [-0.2, 0) is 10.2 Å². The van der Waals surface area contributed by atoms with Gasteiger partial charge in [0.1, 0.15) is 0 Å². The maximum atomic E-state index is 11.6. The van der Waals surface area contributed by atoms with Crippen molar-refractivity contribution < 1.29 is 4.79 Å². The van der Waals surface area contributed by atoms with E-state index in [0.717, 1.165) is 31.9 Å². The van der Waals surface area contributed by atoms with Crippen LogP contribution in [0.15, 0.2) is 35.3 Å². The minimum Gasteiger partial charge on any atom is -0.357 e. The van der Waals surface area contributed by atoms with Crippen LogP contribution in [0.4, 0.5) is 0 Å². The number of aliphatic imine (C=N–C) groups is 1. The van der Waals surface area contributed by atoms with Crippen molar-refractivity contribution in [3.63, 3.8) is 0 Å². The first-order chi connectivity index (χ1) is 11.7. The fraction of sp³-hybridized carbons (Fsp3) is 0.579. The number of benzene rings is 1. The summed E-state index contributed by atoms with van der Waals surface area (Å²) < 4.78 is 0. The molecule has 24 heavy (non-hydrogen) atoms. The summed E-state index contributed by atoms with van der Waals surface area (Å²) in [6.07, 6.45) is 4.50. The molecule has 3 N–H and O–H groups in total. The summed E-state index contributed by atoms with van der Waals surface area (Å²) in [5, 5.41) is 9.56. The molecule has 1 amide bonds. The molecule has 1 aromatic rings. The highest BCUT2D eigenvalue weighted by molar-refractivity contribution is 5.81. The number of hydrogen-bond acceptors (Lipinski definition) is 2. The van der Waals surface area contributed by atoms with E-state index < -0.39 is 0 Å². The molecule has 5 heteroatoms. The van der Waals surface area contributed by atoms with Gasteiger partial charge in [0, 0.05) is 31.0 Å². The Labute approximate surface area is 144 Å². The summed E-state index contributed by atoms with van der Waals surface area (Å²) in [7, 11) is 0. The van der Waals surface area contributed by atoms with Gasteiger partial charge in [0.2, 0.25) is 5.91 Å². The molecular formula is C19H28N4O. The number of nitrogens with one attached hydrogen (secondary N) is 3. The molecule has 2 aliphatic carbocycles. The van der Waals surface area contributed by atoms with Crippen LogP contribution in [0.25, 0.3) is 0 Å². The maximum absolute atomic E-state index is 11.6. The Morgan fingerprint density at radius 2 is 1.83 bits per heavy atom. The van der Waals surface area contributed by atoms with Crippen molar-refractivity contribution in [1.29, 1.82) is 0 Å². The lowest BCUT2D eigenvalue weighted by molar-refractivity contribution is -0.122. The van der Waals surface area contributed by atoms with Crippen molar-refractivity contribution in [2.75, 3.05) is 26.2 Å². The molecule has 0 saturated heterocycles. The van der Waals surface area contributed by atoms with Crippen LogP contribution in [0.5, 0.6) is 0 Å². The maximum Gasteiger partial charge on any atom is 0.223 e. The molecular weight excluding hydrogens is 300 g/mol. The van der Waals surface area contributed by atoms with Gasteiger partial charge in [-0.05, 0) is 38.2 Å². The summed E-state index contributed by atoms with van der Waals surface area (Å²) >= 11 is 0. The van der Waals surface area contributed by atoms with Crippen LogP contribution < -0.4 is 16.0 Å². The second-order valence-corrected chi connectivity index (χ2v) is 6.83. The van der Waals surface area contributed by atoms with Crippen molar-refractivity contribution in [3.8, 4) is 0 Å². The molecule has 130 valence electrons. The third-order valence-corrected chi connectivity index (χ3v) is 4.79. The van der Waals surface area contributed by atoms with E-state index in [-0.39, 0.29) is 17.2 Å². The zero-order chi connectivity index (χ0) is 16.8. The molecule has 0 unspecified atom stereocenters. The number of carbonyl (C=O) groups excluding carboxylic acids is 1. The van der Waals surface area contributed by atoms with E-state index in [1.54, 1.807) is 0 Å². The van der Waals surface area contributed by atoms with Crippen LogP contribution >= 0.6 is 0 Å². The summed E-state index contributed by atoms with van der Waals surface area (Å²) in [5.41, 5.74) is 1.62. The van der Waals surface area contributed by atoms with Gasteiger partial charge >= 0.3 is 0 Å². The molecule has 0 spiro atoms. The first kappa shape index (κ1) is 16.8. The van der Waals surface area contributed by atoms with Gasteiger partial charge in [-0.1, -0.05) is 30.3 Å². The molecule has 0 aromatic heterocycles. The van der Waals surface area contributed by atoms with Crippen LogP contribution in [0.1, 0.15) is 38.2 Å². The number of hydrogen-bond donors (Lipinski definition) is 3. The SMILES string of the molecule is CCNC(=NCC1(c2ccccc2)CC1)NCCNC(=O)C1CC1. The Balaban J connectivity index is 1.47. The third-order valence-electron chi connectivity index (χ3n) is 4.79. The van der Waals surface area contributed by atoms with Gasteiger partial charge in [-0.25, -0.2) is 0 Å². The van der Waals surface area contributed by atoms with Crippen LogP contribution in [0.3, 0.4) is 0 Å². The molecule has 0 atom stereocenters. The molecule has 1 aromatic carbocycles. The predicted molar refractivity (Wildman–Crippen MR) is 97.1 cm³/mol. The molecule has 0 heterocycles. The van der Waals surface area contributed by atoms with Crippen molar-refractivity contribution >= 4 is 11.9 Å². The quantitative estimate of drug-likeness (QED) is 0.387. The van der Waals surface area contributed by atoms with E-state index in [4.69, 9.17) is 4.99 Å². The van der Waals surface area contributed by atoms with Gasteiger partial charge < -0.3 is 16.0 Å². The van der Waals surface area contributed by atoms with Crippen molar-refractivity contribution in [2.45, 2.75) is 38.0 Å². The van der Waals surface area contributed by atoms with Gasteiger partial charge in [0.05, 0.1) is 6.54 Å². The van der Waals surface area contributed by atoms with E-state index >= 15 is 0 Å². The number of rotatable bonds is 8. The average Bonchev–Trinajstić information content (AvgIpc) is 3.50. The molecule has 0 radical (unpaired) electrons. The van der Waals surface area contributed by atoms with Crippen LogP contribution in [0, 0.1) is 5.92 Å². The summed E-state index contributed by atoms with van der Waals surface area (Å²) in [6, 6.07) is 10.7. The summed E-state index contributed by atoms with van der Waals surface area (Å²) in [6.45, 7) is 5.04. The van der Waals surface area contributed by atoms with E-state index in [0.29, 0.717) is 13.1 Å². The second kappa shape index (κ2) is 7.69. The number of carbonyl (C=O) groups is 1. The number of nitrogens with zero attached hydrogens (tertiary/aromatic N) is 1. The Kier molecular flexibility index (Phi) is 5.38. The van der Waals surface area contributed by atoms with Gasteiger partial charge in [-0.2, -0.15) is 0 Å². The van der Waals surface area contributed by atoms with Crippen LogP contribution in [0.2, 0.25) is 0 Å². The number of amides is 1. The van der Waals surface area contributed by atoms with Gasteiger partial charge in [0.15, 0.2) is 5.96 Å². The van der Waals surface area contributed by atoms with E-state index in [1.807, 2.05) is 0 Å². The molecule has 2 fully saturated rings. The minimum atomic E-state index is 0.194. The Hall–Kier alpha value is -2.04. The van der Waals surface area contributed by atoms with Crippen molar-refractivity contribution in [2.24, 2.45) is 10.9 Å². The third kappa shape index (κ3) is 4.49. The summed E-state index contributed by atoms with van der Waals surface area (Å²) in [5.74, 6) is 1.30. The highest BCUT2D eigenvalue weighted by Gasteiger charge is 2.43. The monoisotopic (exact) mass is 328 g/mol. The Morgan fingerprint density at radius 1 is 1.12 bits per heavy atom. The standard InChI is InChI=1S/C19H28N4O/c1-2-20-18(22-13-12-21-17(24)15-8-9-15)23-14-19(10-11-19)16-6-4-3-5-7-16/h3-7,15H,2,8-14H2,1H3,(H,21,24)(H2,20,22,23). The molecule has 2 saturated carbocycles. The topological polar surface area (TPSA) is 65.5 Å². The molecule has 2 aliphatic rings. The highest BCUT2D eigenvalue weighted by Crippen LogP contribution is 2.48. The normalized spacial score (nSPS) is 18.8. The van der Waals surface area contributed by atoms with Crippen LogP contribution in [-0.4, -0.2) is 38.0 Å². The fourth-order valence-corrected chi connectivity index (χ4v) is 2.91. The molecule has 3 rings (SSSR count). The summed E-state index contributed by atoms with van der Waals surface area (Å²) in [4.78, 5) is 16.4. The first-order valence-corrected chi connectivity index (χ1v) is 9.09. The first-order valence-electron chi connectivity index (χ1n) is 9.09. The second-order valence-electron chi connectivity index (χ2n) is 6.83. The molecule has 0 bridgehead atoms. The van der Waals surface area contributed by atoms with Gasteiger partial charge in [-0.3, -0.25) is 9.79 Å². The lowest BCUT2D eigenvalue weighted by atomic mass is 9.96. The highest BCUT2D eigenvalue weighted by atomic mass is 16.2. The Morgan fingerprint density at radius 3 is 2.46 bits per heavy atom. The predicted octanol–water partition coefficient (Wildman–Crippen LogP) is 1.80. The van der Waals surface area contributed by atoms with Crippen molar-refractivity contribution in [3.05, 3.63) is 35.9 Å². The van der Waals surface area contributed by atoms with Gasteiger partial charge in [0.25, 0.3) is 0 Å². The van der Waals surface area contributed by atoms with Gasteiger partial charge in [-0.15, -0.1) is 0 Å². The lowest BCUT2D eigenvalue weighted by Crippen LogP contribution is -2.42. The molecule has 0 aliphatic heterocycles. The fourth-order valence-electron chi connectivity index (χ4n) is 2.91. The Bertz CT molecular complexity index is 576. The lowest BCUT2D eigenvalue weighted by Gasteiger charge is -2.16. The van der Waals surface area contributed by atoms with E-state index in [9.17, 15) is 4.79 Å². The zero-order valence-electron chi connectivity index (χ0n) is 14.5. The minimum absolute atomic E-state index is 0.194. The molecule has 5 nitrogen and oxygen atoms in total. The smallest absolute Gasteiger partial charge is 0.223 e. The number of guanidine groups is 1. The van der Waals surface area contributed by atoms with Crippen molar-refractivity contribution in [1.82, 2.24) is 16.0 Å².